The quantitative estimate of drug-likeness (QED) is 0.548. The normalized spacial score (nSPS) is 27.1. The van der Waals surface area contributed by atoms with Gasteiger partial charge in [0.2, 0.25) is 0 Å². The van der Waals surface area contributed by atoms with Crippen molar-refractivity contribution in [3.8, 4) is 0 Å². The Bertz CT molecular complexity index is 669. The molecule has 0 aliphatic carbocycles. The largest absolute Gasteiger partial charge is 0.411 e. The van der Waals surface area contributed by atoms with Gasteiger partial charge in [-0.05, 0) is 35.4 Å². The van der Waals surface area contributed by atoms with Crippen LogP contribution in [0.4, 0.5) is 0 Å². The lowest BCUT2D eigenvalue weighted by atomic mass is 9.75. The van der Waals surface area contributed by atoms with Crippen LogP contribution in [0.3, 0.4) is 0 Å². The van der Waals surface area contributed by atoms with Crippen molar-refractivity contribution < 1.29 is 5.21 Å². The predicted molar refractivity (Wildman–Crippen MR) is 99.1 cm³/mol. The number of piperidine rings is 1. The van der Waals surface area contributed by atoms with Gasteiger partial charge in [-0.15, -0.1) is 0 Å². The minimum absolute atomic E-state index is 0.0463. The van der Waals surface area contributed by atoms with Gasteiger partial charge in [0.25, 0.3) is 0 Å². The van der Waals surface area contributed by atoms with Crippen LogP contribution in [0.2, 0.25) is 10.0 Å². The lowest BCUT2D eigenvalue weighted by molar-refractivity contribution is 0.271. The Morgan fingerprint density at radius 2 is 1.17 bits per heavy atom. The third-order valence-corrected chi connectivity index (χ3v) is 5.37. The lowest BCUT2D eigenvalue weighted by Gasteiger charge is -2.41. The summed E-state index contributed by atoms with van der Waals surface area (Å²) < 4.78 is 0. The summed E-state index contributed by atoms with van der Waals surface area (Å²) in [5.41, 5.74) is 3.05. The molecule has 126 valence electrons. The molecule has 2 N–H and O–H groups in total. The van der Waals surface area contributed by atoms with Crippen molar-refractivity contribution in [2.24, 2.45) is 17.0 Å². The van der Waals surface area contributed by atoms with Crippen LogP contribution in [0.1, 0.15) is 37.1 Å². The molecule has 3 nitrogen and oxygen atoms in total. The average molecular weight is 363 g/mol. The van der Waals surface area contributed by atoms with Gasteiger partial charge in [0.05, 0.1) is 5.71 Å². The first-order chi connectivity index (χ1) is 11.5. The zero-order valence-corrected chi connectivity index (χ0v) is 15.1. The first kappa shape index (κ1) is 17.3. The van der Waals surface area contributed by atoms with Crippen LogP contribution in [-0.2, 0) is 0 Å². The fraction of sp³-hybridized carbons (Fsp3) is 0.316. The Morgan fingerprint density at radius 3 is 1.50 bits per heavy atom. The molecule has 4 unspecified atom stereocenters. The van der Waals surface area contributed by atoms with E-state index in [2.05, 4.69) is 24.3 Å². The van der Waals surface area contributed by atoms with Gasteiger partial charge >= 0.3 is 0 Å². The van der Waals surface area contributed by atoms with E-state index >= 15 is 0 Å². The molecule has 5 heteroatoms. The maximum atomic E-state index is 9.57. The minimum atomic E-state index is 0.0463. The molecule has 1 fully saturated rings. The number of nitrogens with zero attached hydrogens (tertiary/aromatic N) is 1. The second-order valence-electron chi connectivity index (χ2n) is 6.33. The van der Waals surface area contributed by atoms with Gasteiger partial charge in [0.1, 0.15) is 0 Å². The van der Waals surface area contributed by atoms with Gasteiger partial charge in [-0.3, -0.25) is 0 Å². The fourth-order valence-electron chi connectivity index (χ4n) is 3.53. The molecule has 0 spiro atoms. The standard InChI is InChI=1S/C19H20Cl2N2O/c1-11-17(23-24)12(2)19(14-5-9-16(21)10-6-14)22-18(11)13-3-7-15(20)8-4-13/h3-12,18-19,22,24H,1-2H3. The van der Waals surface area contributed by atoms with Gasteiger partial charge in [-0.1, -0.05) is 66.5 Å². The molecule has 0 radical (unpaired) electrons. The molecule has 0 aromatic heterocycles. The third kappa shape index (κ3) is 3.30. The number of hydrogen-bond donors (Lipinski definition) is 2. The summed E-state index contributed by atoms with van der Waals surface area (Å²) in [7, 11) is 0. The van der Waals surface area contributed by atoms with Crippen LogP contribution in [0.5, 0.6) is 0 Å². The molecule has 1 aliphatic heterocycles. The van der Waals surface area contributed by atoms with Crippen LogP contribution in [0, 0.1) is 11.8 Å². The maximum Gasteiger partial charge on any atom is 0.0664 e. The predicted octanol–water partition coefficient (Wildman–Crippen LogP) is 5.48. The highest BCUT2D eigenvalue weighted by atomic mass is 35.5. The second-order valence-corrected chi connectivity index (χ2v) is 7.20. The molecular formula is C19H20Cl2N2O. The smallest absolute Gasteiger partial charge is 0.0664 e. The van der Waals surface area contributed by atoms with Crippen molar-refractivity contribution in [1.29, 1.82) is 0 Å². The second kappa shape index (κ2) is 7.14. The number of hydrogen-bond acceptors (Lipinski definition) is 3. The van der Waals surface area contributed by atoms with E-state index in [0.29, 0.717) is 10.0 Å². The van der Waals surface area contributed by atoms with E-state index in [4.69, 9.17) is 23.2 Å². The van der Waals surface area contributed by atoms with Crippen molar-refractivity contribution in [2.75, 3.05) is 0 Å². The SMILES string of the molecule is CC1C(=NO)C(C)C(c2ccc(Cl)cc2)NC1c1ccc(Cl)cc1. The molecule has 0 amide bonds. The maximum absolute atomic E-state index is 9.57. The van der Waals surface area contributed by atoms with E-state index in [0.717, 1.165) is 16.8 Å². The summed E-state index contributed by atoms with van der Waals surface area (Å²) in [6.07, 6.45) is 0. The molecule has 1 heterocycles. The summed E-state index contributed by atoms with van der Waals surface area (Å²) in [6, 6.07) is 15.7. The lowest BCUT2D eigenvalue weighted by Crippen LogP contribution is -2.46. The zero-order valence-electron chi connectivity index (χ0n) is 13.6. The fourth-order valence-corrected chi connectivity index (χ4v) is 3.78. The molecule has 0 bridgehead atoms. The molecule has 2 aromatic rings. The molecular weight excluding hydrogens is 343 g/mol. The average Bonchev–Trinajstić information content (AvgIpc) is 2.58. The number of nitrogens with one attached hydrogen (secondary N) is 1. The highest BCUT2D eigenvalue weighted by molar-refractivity contribution is 6.30. The van der Waals surface area contributed by atoms with Crippen LogP contribution in [0.25, 0.3) is 0 Å². The molecule has 24 heavy (non-hydrogen) atoms. The molecule has 3 rings (SSSR count). The van der Waals surface area contributed by atoms with Gasteiger partial charge in [-0.25, -0.2) is 0 Å². The molecule has 2 aromatic carbocycles. The van der Waals surface area contributed by atoms with Crippen molar-refractivity contribution in [3.63, 3.8) is 0 Å². The minimum Gasteiger partial charge on any atom is -0.411 e. The van der Waals surface area contributed by atoms with E-state index in [1.807, 2.05) is 48.5 Å². The van der Waals surface area contributed by atoms with E-state index < -0.39 is 0 Å². The van der Waals surface area contributed by atoms with E-state index in [1.165, 1.54) is 0 Å². The number of halogens is 2. The number of benzene rings is 2. The van der Waals surface area contributed by atoms with Gasteiger partial charge in [-0.2, -0.15) is 0 Å². The third-order valence-electron chi connectivity index (χ3n) is 4.87. The van der Waals surface area contributed by atoms with Crippen LogP contribution in [0.15, 0.2) is 53.7 Å². The Hall–Kier alpha value is -1.55. The Morgan fingerprint density at radius 1 is 0.792 bits per heavy atom. The topological polar surface area (TPSA) is 44.6 Å². The van der Waals surface area contributed by atoms with Gasteiger partial charge in [0, 0.05) is 34.0 Å². The Kier molecular flexibility index (Phi) is 5.14. The molecule has 4 atom stereocenters. The summed E-state index contributed by atoms with van der Waals surface area (Å²) in [6.45, 7) is 4.16. The zero-order chi connectivity index (χ0) is 17.3. The monoisotopic (exact) mass is 362 g/mol. The van der Waals surface area contributed by atoms with E-state index in [9.17, 15) is 5.21 Å². The van der Waals surface area contributed by atoms with E-state index in [1.54, 1.807) is 0 Å². The highest BCUT2D eigenvalue weighted by Crippen LogP contribution is 2.39. The number of oxime groups is 1. The van der Waals surface area contributed by atoms with Crippen molar-refractivity contribution in [2.45, 2.75) is 25.9 Å². The summed E-state index contributed by atoms with van der Waals surface area (Å²) in [5.74, 6) is 0.157. The van der Waals surface area contributed by atoms with E-state index in [-0.39, 0.29) is 23.9 Å². The summed E-state index contributed by atoms with van der Waals surface area (Å²) in [5, 5.41) is 18.3. The Balaban J connectivity index is 1.98. The summed E-state index contributed by atoms with van der Waals surface area (Å²) >= 11 is 12.0. The van der Waals surface area contributed by atoms with Crippen molar-refractivity contribution in [1.82, 2.24) is 5.32 Å². The van der Waals surface area contributed by atoms with Crippen LogP contribution in [-0.4, -0.2) is 10.9 Å². The first-order valence-corrected chi connectivity index (χ1v) is 8.75. The molecule has 1 aliphatic rings. The van der Waals surface area contributed by atoms with Gasteiger partial charge in [0.15, 0.2) is 0 Å². The van der Waals surface area contributed by atoms with Gasteiger partial charge < -0.3 is 10.5 Å². The first-order valence-electron chi connectivity index (χ1n) is 8.00. The Labute approximate surface area is 152 Å². The number of rotatable bonds is 2. The summed E-state index contributed by atoms with van der Waals surface area (Å²) in [4.78, 5) is 0. The van der Waals surface area contributed by atoms with Crippen molar-refractivity contribution >= 4 is 28.9 Å². The molecule has 1 saturated heterocycles. The molecule has 0 saturated carbocycles. The highest BCUT2D eigenvalue weighted by Gasteiger charge is 2.39. The van der Waals surface area contributed by atoms with Crippen LogP contribution >= 0.6 is 23.2 Å². The van der Waals surface area contributed by atoms with Crippen LogP contribution < -0.4 is 5.32 Å². The van der Waals surface area contributed by atoms with Crippen molar-refractivity contribution in [3.05, 3.63) is 69.7 Å².